The number of benzene rings is 4. The lowest BCUT2D eigenvalue weighted by molar-refractivity contribution is 0.0229. The summed E-state index contributed by atoms with van der Waals surface area (Å²) in [6.07, 6.45) is 0. The van der Waals surface area contributed by atoms with E-state index in [1.54, 1.807) is 0 Å². The van der Waals surface area contributed by atoms with Crippen LogP contribution in [0.4, 0.5) is 11.4 Å². The van der Waals surface area contributed by atoms with Crippen molar-refractivity contribution in [2.75, 3.05) is 23.7 Å². The molecule has 0 aromatic heterocycles. The number of nitrogens with two attached hydrogens (primary N) is 1. The Labute approximate surface area is 192 Å². The molecule has 6 rings (SSSR count). The van der Waals surface area contributed by atoms with Crippen LogP contribution >= 0.6 is 0 Å². The van der Waals surface area contributed by atoms with E-state index in [-0.39, 0.29) is 5.97 Å². The maximum Gasteiger partial charge on any atom is 0.340 e. The van der Waals surface area contributed by atoms with Crippen LogP contribution in [0.3, 0.4) is 0 Å². The first-order valence-corrected chi connectivity index (χ1v) is 11.3. The first kappa shape index (κ1) is 19.7. The lowest BCUT2D eigenvalue weighted by atomic mass is 9.75. The summed E-state index contributed by atoms with van der Waals surface area (Å²) in [7, 11) is 0. The third kappa shape index (κ3) is 2.56. The highest BCUT2D eigenvalue weighted by atomic mass is 16.6. The molecule has 1 spiro atoms. The van der Waals surface area contributed by atoms with Crippen molar-refractivity contribution in [3.8, 4) is 11.5 Å². The molecule has 33 heavy (non-hydrogen) atoms. The molecule has 4 aromatic carbocycles. The van der Waals surface area contributed by atoms with Crippen LogP contribution in [0.1, 0.15) is 40.9 Å². The van der Waals surface area contributed by atoms with E-state index in [1.165, 1.54) is 0 Å². The van der Waals surface area contributed by atoms with Gasteiger partial charge in [-0.15, -0.1) is 0 Å². The number of ether oxygens (including phenoxy) is 2. The summed E-state index contributed by atoms with van der Waals surface area (Å²) >= 11 is 0. The minimum atomic E-state index is -1.12. The second-order valence-electron chi connectivity index (χ2n) is 8.46. The lowest BCUT2D eigenvalue weighted by Gasteiger charge is -2.39. The normalized spacial score (nSPS) is 17.8. The van der Waals surface area contributed by atoms with E-state index >= 15 is 0 Å². The van der Waals surface area contributed by atoms with Gasteiger partial charge in [-0.25, -0.2) is 4.79 Å². The van der Waals surface area contributed by atoms with Crippen LogP contribution in [0, 0.1) is 0 Å². The second kappa shape index (κ2) is 7.01. The van der Waals surface area contributed by atoms with E-state index in [1.807, 2.05) is 66.7 Å². The van der Waals surface area contributed by atoms with Crippen LogP contribution in [0.2, 0.25) is 0 Å². The molecule has 2 aliphatic heterocycles. The number of esters is 1. The van der Waals surface area contributed by atoms with Crippen LogP contribution in [-0.2, 0) is 10.3 Å². The van der Waals surface area contributed by atoms with E-state index in [9.17, 15) is 4.79 Å². The molecular formula is C28H24N2O3. The summed E-state index contributed by atoms with van der Waals surface area (Å²) in [6.45, 7) is 5.91. The standard InChI is InChI=1S/C28H24N2O3/c1-3-30(4-2)23-11-7-10-22-26(23)32-24-15-13-17-12-14-18(29)16-20(17)25(24)28(22)21-9-6-5-8-19(21)27(31)33-28/h5-16H,3-4,29H2,1-2H3. The first-order valence-electron chi connectivity index (χ1n) is 11.3. The topological polar surface area (TPSA) is 64.8 Å². The highest BCUT2D eigenvalue weighted by molar-refractivity contribution is 6.00. The monoisotopic (exact) mass is 436 g/mol. The Morgan fingerprint density at radius 1 is 0.909 bits per heavy atom. The van der Waals surface area contributed by atoms with Crippen LogP contribution in [-0.4, -0.2) is 19.1 Å². The number of carbonyl (C=O) groups is 1. The minimum Gasteiger partial charge on any atom is -0.454 e. The van der Waals surface area contributed by atoms with Gasteiger partial charge in [0.1, 0.15) is 5.75 Å². The van der Waals surface area contributed by atoms with Crippen molar-refractivity contribution < 1.29 is 14.3 Å². The number of hydrogen-bond acceptors (Lipinski definition) is 5. The Balaban J connectivity index is 1.77. The number of fused-ring (bicyclic) bond motifs is 8. The van der Waals surface area contributed by atoms with E-state index in [0.29, 0.717) is 17.0 Å². The molecule has 0 bridgehead atoms. The van der Waals surface area contributed by atoms with Crippen LogP contribution in [0.15, 0.2) is 72.8 Å². The highest BCUT2D eigenvalue weighted by Crippen LogP contribution is 2.59. The smallest absolute Gasteiger partial charge is 0.340 e. The van der Waals surface area contributed by atoms with E-state index in [4.69, 9.17) is 15.2 Å². The molecule has 5 nitrogen and oxygen atoms in total. The van der Waals surface area contributed by atoms with Crippen LogP contribution < -0.4 is 15.4 Å². The highest BCUT2D eigenvalue weighted by Gasteiger charge is 2.54. The lowest BCUT2D eigenvalue weighted by Crippen LogP contribution is -2.34. The number of rotatable bonds is 3. The zero-order valence-electron chi connectivity index (χ0n) is 18.6. The van der Waals surface area contributed by atoms with Gasteiger partial charge in [-0.2, -0.15) is 0 Å². The zero-order valence-corrected chi connectivity index (χ0v) is 18.6. The number of carbonyl (C=O) groups excluding carboxylic acids is 1. The van der Waals surface area contributed by atoms with Gasteiger partial charge in [0.05, 0.1) is 16.8 Å². The van der Waals surface area contributed by atoms with Gasteiger partial charge in [0, 0.05) is 29.9 Å². The van der Waals surface area contributed by atoms with Crippen LogP contribution in [0.5, 0.6) is 11.5 Å². The van der Waals surface area contributed by atoms with E-state index in [2.05, 4.69) is 24.8 Å². The third-order valence-electron chi connectivity index (χ3n) is 6.82. The van der Waals surface area contributed by atoms with Crippen molar-refractivity contribution in [2.45, 2.75) is 19.4 Å². The summed E-state index contributed by atoms with van der Waals surface area (Å²) in [5, 5.41) is 1.92. The zero-order chi connectivity index (χ0) is 22.7. The van der Waals surface area contributed by atoms with Crippen molar-refractivity contribution in [2.24, 2.45) is 0 Å². The molecule has 2 aliphatic rings. The maximum absolute atomic E-state index is 13.2. The van der Waals surface area contributed by atoms with Gasteiger partial charge >= 0.3 is 5.97 Å². The Hall–Kier alpha value is -3.99. The Morgan fingerprint density at radius 3 is 2.48 bits per heavy atom. The summed E-state index contributed by atoms with van der Waals surface area (Å²) in [5.74, 6) is 1.06. The van der Waals surface area contributed by atoms with Gasteiger partial charge in [-0.3, -0.25) is 0 Å². The molecule has 2 N–H and O–H groups in total. The average molecular weight is 437 g/mol. The number of hydrogen-bond donors (Lipinski definition) is 1. The van der Waals surface area contributed by atoms with Crippen molar-refractivity contribution in [1.82, 2.24) is 0 Å². The van der Waals surface area contributed by atoms with E-state index < -0.39 is 5.60 Å². The molecule has 2 heterocycles. The molecule has 1 atom stereocenters. The molecule has 0 radical (unpaired) electrons. The fourth-order valence-electron chi connectivity index (χ4n) is 5.34. The molecule has 0 aliphatic carbocycles. The molecule has 164 valence electrons. The molecule has 0 saturated heterocycles. The number of anilines is 2. The molecule has 0 fully saturated rings. The fraction of sp³-hybridized carbons (Fsp3) is 0.179. The van der Waals surface area contributed by atoms with Crippen molar-refractivity contribution >= 4 is 28.1 Å². The molecule has 1 unspecified atom stereocenters. The Kier molecular flexibility index (Phi) is 4.18. The van der Waals surface area contributed by atoms with Crippen molar-refractivity contribution in [1.29, 1.82) is 0 Å². The van der Waals surface area contributed by atoms with Gasteiger partial charge in [0.15, 0.2) is 11.4 Å². The largest absolute Gasteiger partial charge is 0.454 e. The minimum absolute atomic E-state index is 0.335. The number of nitrogens with zero attached hydrogens (tertiary/aromatic N) is 1. The first-order chi connectivity index (χ1) is 16.1. The van der Waals surface area contributed by atoms with E-state index in [0.717, 1.165) is 52.0 Å². The average Bonchev–Trinajstić information content (AvgIpc) is 3.13. The molecule has 5 heteroatoms. The van der Waals surface area contributed by atoms with Gasteiger partial charge < -0.3 is 20.1 Å². The quantitative estimate of drug-likeness (QED) is 0.323. The molecule has 0 saturated carbocycles. The third-order valence-corrected chi connectivity index (χ3v) is 6.82. The van der Waals surface area contributed by atoms with Gasteiger partial charge in [-0.1, -0.05) is 42.5 Å². The SMILES string of the molecule is CCN(CC)c1cccc2c1Oc1ccc3ccc(N)cc3c1C21OC(=O)c2ccccc21. The predicted molar refractivity (Wildman–Crippen MR) is 130 cm³/mol. The van der Waals surface area contributed by atoms with Gasteiger partial charge in [-0.05, 0) is 55.0 Å². The maximum atomic E-state index is 13.2. The number of para-hydroxylation sites is 1. The van der Waals surface area contributed by atoms with Crippen molar-refractivity contribution in [3.63, 3.8) is 0 Å². The van der Waals surface area contributed by atoms with Gasteiger partial charge in [0.25, 0.3) is 0 Å². The molecule has 4 aromatic rings. The molecule has 0 amide bonds. The second-order valence-corrected chi connectivity index (χ2v) is 8.46. The van der Waals surface area contributed by atoms with Gasteiger partial charge in [0.2, 0.25) is 0 Å². The van der Waals surface area contributed by atoms with Crippen LogP contribution in [0.25, 0.3) is 10.8 Å². The number of nitrogen functional groups attached to an aromatic ring is 1. The Bertz CT molecular complexity index is 1440. The molecular weight excluding hydrogens is 412 g/mol. The summed E-state index contributed by atoms with van der Waals surface area (Å²) in [5.41, 5.74) is 9.76. The predicted octanol–water partition coefficient (Wildman–Crippen LogP) is 5.84. The summed E-state index contributed by atoms with van der Waals surface area (Å²) in [4.78, 5) is 15.4. The van der Waals surface area contributed by atoms with Crippen molar-refractivity contribution in [3.05, 3.63) is 95.1 Å². The summed E-state index contributed by atoms with van der Waals surface area (Å²) < 4.78 is 13.0. The summed E-state index contributed by atoms with van der Waals surface area (Å²) in [6, 6.07) is 23.5. The fourth-order valence-corrected chi connectivity index (χ4v) is 5.34. The Morgan fingerprint density at radius 2 is 1.67 bits per heavy atom.